The Labute approximate surface area is 201 Å². The number of amides is 3. The average molecular weight is 497 g/mol. The fourth-order valence-electron chi connectivity index (χ4n) is 3.05. The van der Waals surface area contributed by atoms with Gasteiger partial charge in [0, 0.05) is 6.42 Å². The van der Waals surface area contributed by atoms with Crippen molar-refractivity contribution in [2.24, 2.45) is 11.7 Å². The summed E-state index contributed by atoms with van der Waals surface area (Å²) in [5.74, 6) is -5.94. The van der Waals surface area contributed by atoms with Gasteiger partial charge in [0.25, 0.3) is 0 Å². The number of carboxylic acids is 2. The molecule has 0 aliphatic carbocycles. The molecule has 13 nitrogen and oxygen atoms in total. The number of carbonyl (C=O) groups is 5. The zero-order chi connectivity index (χ0) is 26.9. The number of aromatic hydroxyl groups is 1. The van der Waals surface area contributed by atoms with E-state index >= 15 is 0 Å². The van der Waals surface area contributed by atoms with Crippen molar-refractivity contribution in [3.05, 3.63) is 29.8 Å². The first-order valence-electron chi connectivity index (χ1n) is 10.8. The summed E-state index contributed by atoms with van der Waals surface area (Å²) in [4.78, 5) is 60.3. The summed E-state index contributed by atoms with van der Waals surface area (Å²) in [5, 5.41) is 44.6. The van der Waals surface area contributed by atoms with Crippen molar-refractivity contribution in [3.8, 4) is 5.75 Å². The molecule has 5 unspecified atom stereocenters. The topological polar surface area (TPSA) is 228 Å². The molecule has 0 heterocycles. The lowest BCUT2D eigenvalue weighted by Crippen LogP contribution is -2.60. The van der Waals surface area contributed by atoms with Gasteiger partial charge in [-0.3, -0.25) is 19.2 Å². The second-order valence-electron chi connectivity index (χ2n) is 8.43. The van der Waals surface area contributed by atoms with Crippen LogP contribution in [0.2, 0.25) is 0 Å². The first kappa shape index (κ1) is 29.3. The summed E-state index contributed by atoms with van der Waals surface area (Å²) >= 11 is 0. The number of phenols is 1. The lowest BCUT2D eigenvalue weighted by molar-refractivity contribution is -0.144. The molecule has 1 aromatic carbocycles. The third kappa shape index (κ3) is 9.59. The summed E-state index contributed by atoms with van der Waals surface area (Å²) in [6, 6.07) is 0.0355. The number of hydrogen-bond acceptors (Lipinski definition) is 8. The smallest absolute Gasteiger partial charge is 0.326 e. The highest BCUT2D eigenvalue weighted by Crippen LogP contribution is 2.12. The molecule has 1 aromatic rings. The van der Waals surface area contributed by atoms with Crippen LogP contribution in [0.15, 0.2) is 24.3 Å². The molecule has 0 radical (unpaired) electrons. The molecule has 9 N–H and O–H groups in total. The molecule has 13 heteroatoms. The average Bonchev–Trinajstić information content (AvgIpc) is 2.75. The number of benzene rings is 1. The Kier molecular flexibility index (Phi) is 11.1. The minimum absolute atomic E-state index is 0.0359. The molecular formula is C22H32N4O9. The fraction of sp³-hybridized carbons (Fsp3) is 0.500. The number of nitrogens with one attached hydrogen (secondary N) is 3. The Balaban J connectivity index is 3.12. The fourth-order valence-corrected chi connectivity index (χ4v) is 3.05. The largest absolute Gasteiger partial charge is 0.508 e. The van der Waals surface area contributed by atoms with E-state index in [0.29, 0.717) is 5.56 Å². The summed E-state index contributed by atoms with van der Waals surface area (Å²) in [5.41, 5.74) is 6.07. The van der Waals surface area contributed by atoms with Crippen LogP contribution >= 0.6 is 0 Å². The second-order valence-corrected chi connectivity index (χ2v) is 8.43. The summed E-state index contributed by atoms with van der Waals surface area (Å²) in [7, 11) is 0. The van der Waals surface area contributed by atoms with E-state index in [2.05, 4.69) is 16.0 Å². The monoisotopic (exact) mass is 496 g/mol. The van der Waals surface area contributed by atoms with Crippen molar-refractivity contribution in [1.29, 1.82) is 0 Å². The van der Waals surface area contributed by atoms with Crippen LogP contribution in [-0.2, 0) is 30.4 Å². The van der Waals surface area contributed by atoms with Crippen molar-refractivity contribution in [3.63, 3.8) is 0 Å². The number of phenolic OH excluding ortho intramolecular Hbond substituents is 1. The SMILES string of the molecule is CC(C)C(NC(=O)C(NC(=O)C(Cc1ccc(O)cc1)NC(=O)C(N)CC(=O)O)C(C)O)C(=O)O. The van der Waals surface area contributed by atoms with E-state index in [1.54, 1.807) is 13.8 Å². The van der Waals surface area contributed by atoms with E-state index in [1.165, 1.54) is 31.2 Å². The van der Waals surface area contributed by atoms with E-state index in [4.69, 9.17) is 10.8 Å². The van der Waals surface area contributed by atoms with Gasteiger partial charge in [0.15, 0.2) is 0 Å². The maximum atomic E-state index is 13.0. The van der Waals surface area contributed by atoms with Crippen LogP contribution in [0.4, 0.5) is 0 Å². The van der Waals surface area contributed by atoms with Gasteiger partial charge in [0.05, 0.1) is 18.6 Å². The number of hydrogen-bond donors (Lipinski definition) is 8. The van der Waals surface area contributed by atoms with Crippen LogP contribution in [0.5, 0.6) is 5.75 Å². The number of rotatable bonds is 13. The van der Waals surface area contributed by atoms with Crippen LogP contribution in [0.25, 0.3) is 0 Å². The van der Waals surface area contributed by atoms with Crippen LogP contribution in [-0.4, -0.2) is 80.4 Å². The first-order valence-corrected chi connectivity index (χ1v) is 10.8. The third-order valence-electron chi connectivity index (χ3n) is 5.03. The predicted molar refractivity (Wildman–Crippen MR) is 122 cm³/mol. The van der Waals surface area contributed by atoms with Crippen LogP contribution in [0.1, 0.15) is 32.8 Å². The summed E-state index contributed by atoms with van der Waals surface area (Å²) < 4.78 is 0. The minimum atomic E-state index is -1.56. The first-order chi connectivity index (χ1) is 16.2. The van der Waals surface area contributed by atoms with Gasteiger partial charge in [0.2, 0.25) is 17.7 Å². The van der Waals surface area contributed by atoms with Crippen molar-refractivity contribution in [2.75, 3.05) is 0 Å². The number of nitrogens with two attached hydrogens (primary N) is 1. The number of carboxylic acid groups (broad SMARTS) is 2. The normalized spacial score (nSPS) is 15.3. The molecule has 0 saturated carbocycles. The molecule has 0 bridgehead atoms. The summed E-state index contributed by atoms with van der Waals surface area (Å²) in [6.45, 7) is 4.35. The third-order valence-corrected chi connectivity index (χ3v) is 5.03. The van der Waals surface area contributed by atoms with Gasteiger partial charge in [-0.15, -0.1) is 0 Å². The van der Waals surface area contributed by atoms with Gasteiger partial charge in [-0.2, -0.15) is 0 Å². The van der Waals surface area contributed by atoms with E-state index in [9.17, 15) is 39.3 Å². The zero-order valence-electron chi connectivity index (χ0n) is 19.6. The van der Waals surface area contributed by atoms with Crippen LogP contribution in [0.3, 0.4) is 0 Å². The highest BCUT2D eigenvalue weighted by molar-refractivity contribution is 5.95. The highest BCUT2D eigenvalue weighted by Gasteiger charge is 2.33. The number of aliphatic carboxylic acids is 2. The van der Waals surface area contributed by atoms with Gasteiger partial charge >= 0.3 is 11.9 Å². The quantitative estimate of drug-likeness (QED) is 0.154. The van der Waals surface area contributed by atoms with Crippen LogP contribution < -0.4 is 21.7 Å². The molecule has 0 aliphatic rings. The molecule has 3 amide bonds. The summed E-state index contributed by atoms with van der Waals surface area (Å²) in [6.07, 6.45) is -2.25. The zero-order valence-corrected chi connectivity index (χ0v) is 19.6. The van der Waals surface area contributed by atoms with Crippen molar-refractivity contribution in [1.82, 2.24) is 16.0 Å². The van der Waals surface area contributed by atoms with Gasteiger partial charge in [-0.05, 0) is 30.5 Å². The van der Waals surface area contributed by atoms with E-state index in [-0.39, 0.29) is 12.2 Å². The number of aliphatic hydroxyl groups excluding tert-OH is 1. The van der Waals surface area contributed by atoms with Crippen LogP contribution in [0, 0.1) is 5.92 Å². The van der Waals surface area contributed by atoms with E-state index in [0.717, 1.165) is 0 Å². The predicted octanol–water partition coefficient (Wildman–Crippen LogP) is -1.69. The molecule has 1 rings (SSSR count). The maximum Gasteiger partial charge on any atom is 0.326 e. The standard InChI is InChI=1S/C22H32N4O9/c1-10(2)17(22(34)35)25-21(33)18(11(3)27)26-20(32)15(8-12-4-6-13(28)7-5-12)24-19(31)14(23)9-16(29)30/h4-7,10-11,14-15,17-18,27-28H,8-9,23H2,1-3H3,(H,24,31)(H,25,33)(H,26,32)(H,29,30)(H,34,35). The van der Waals surface area contributed by atoms with E-state index in [1.807, 2.05) is 0 Å². The molecular weight excluding hydrogens is 464 g/mol. The second kappa shape index (κ2) is 13.2. The van der Waals surface area contributed by atoms with Gasteiger partial charge in [-0.1, -0.05) is 26.0 Å². The van der Waals surface area contributed by atoms with Crippen molar-refractivity contribution in [2.45, 2.75) is 63.9 Å². The van der Waals surface area contributed by atoms with Crippen molar-refractivity contribution >= 4 is 29.7 Å². The number of aliphatic hydroxyl groups is 1. The Morgan fingerprint density at radius 2 is 1.40 bits per heavy atom. The molecule has 0 fully saturated rings. The van der Waals surface area contributed by atoms with Crippen molar-refractivity contribution < 1.29 is 44.4 Å². The number of carbonyl (C=O) groups excluding carboxylic acids is 3. The molecule has 194 valence electrons. The van der Waals surface area contributed by atoms with Gasteiger partial charge in [-0.25, -0.2) is 4.79 Å². The Morgan fingerprint density at radius 1 is 0.857 bits per heavy atom. The van der Waals surface area contributed by atoms with E-state index < -0.39 is 72.3 Å². The molecule has 0 spiro atoms. The maximum absolute atomic E-state index is 13.0. The Hall–Kier alpha value is -3.71. The molecule has 0 saturated heterocycles. The Bertz CT molecular complexity index is 918. The van der Waals surface area contributed by atoms with Gasteiger partial charge in [0.1, 0.15) is 23.9 Å². The molecule has 35 heavy (non-hydrogen) atoms. The lowest BCUT2D eigenvalue weighted by Gasteiger charge is -2.27. The highest BCUT2D eigenvalue weighted by atomic mass is 16.4. The van der Waals surface area contributed by atoms with Gasteiger partial charge < -0.3 is 42.1 Å². The minimum Gasteiger partial charge on any atom is -0.508 e. The Morgan fingerprint density at radius 3 is 1.86 bits per heavy atom. The lowest BCUT2D eigenvalue weighted by atomic mass is 10.0. The molecule has 0 aromatic heterocycles. The molecule has 5 atom stereocenters. The molecule has 0 aliphatic heterocycles.